The van der Waals surface area contributed by atoms with Gasteiger partial charge < -0.3 is 31.9 Å². The van der Waals surface area contributed by atoms with E-state index in [4.69, 9.17) is 10.8 Å². The number of carboxylic acid groups (broad SMARTS) is 2. The Hall–Kier alpha value is -2.69. The van der Waals surface area contributed by atoms with Crippen molar-refractivity contribution in [2.45, 2.75) is 58.7 Å². The van der Waals surface area contributed by atoms with Crippen LogP contribution in [0.5, 0.6) is 0 Å². The molecule has 0 aliphatic rings. The third-order valence-electron chi connectivity index (χ3n) is 3.96. The van der Waals surface area contributed by atoms with Crippen LogP contribution in [0.2, 0.25) is 0 Å². The number of carboxylic acids is 2. The van der Waals surface area contributed by atoms with Crippen LogP contribution in [0.15, 0.2) is 0 Å². The molecule has 0 bridgehead atoms. The first-order chi connectivity index (χ1) is 12.9. The first-order valence-corrected chi connectivity index (χ1v) is 8.95. The van der Waals surface area contributed by atoms with Crippen molar-refractivity contribution < 1.29 is 34.2 Å². The molecule has 0 aromatic heterocycles. The molecule has 11 nitrogen and oxygen atoms in total. The zero-order valence-corrected chi connectivity index (χ0v) is 16.5. The van der Waals surface area contributed by atoms with Crippen LogP contribution < -0.4 is 21.7 Å². The predicted molar refractivity (Wildman–Crippen MR) is 99.0 cm³/mol. The van der Waals surface area contributed by atoms with Gasteiger partial charge in [0.15, 0.2) is 0 Å². The highest BCUT2D eigenvalue weighted by Gasteiger charge is 2.32. The van der Waals surface area contributed by atoms with Crippen LogP contribution >= 0.6 is 0 Å². The first-order valence-electron chi connectivity index (χ1n) is 8.95. The lowest BCUT2D eigenvalue weighted by atomic mass is 9.99. The van der Waals surface area contributed by atoms with Gasteiger partial charge in [0.05, 0.1) is 6.54 Å². The van der Waals surface area contributed by atoms with Crippen molar-refractivity contribution in [2.24, 2.45) is 17.6 Å². The van der Waals surface area contributed by atoms with Gasteiger partial charge in [-0.05, 0) is 18.3 Å². The molecule has 0 radical (unpaired) electrons. The van der Waals surface area contributed by atoms with Crippen LogP contribution in [0.1, 0.15) is 40.5 Å². The zero-order chi connectivity index (χ0) is 22.0. The Bertz CT molecular complexity index is 592. The molecule has 0 saturated carbocycles. The van der Waals surface area contributed by atoms with E-state index < -0.39 is 53.7 Å². The van der Waals surface area contributed by atoms with Gasteiger partial charge in [-0.25, -0.2) is 4.79 Å². The lowest BCUT2D eigenvalue weighted by molar-refractivity contribution is -0.143. The summed E-state index contributed by atoms with van der Waals surface area (Å²) in [5.74, 6) is -5.22. The Kier molecular flexibility index (Phi) is 10.8. The monoisotopic (exact) mass is 402 g/mol. The van der Waals surface area contributed by atoms with Crippen molar-refractivity contribution >= 4 is 29.7 Å². The fourth-order valence-corrected chi connectivity index (χ4v) is 2.34. The third kappa shape index (κ3) is 8.80. The fourth-order valence-electron chi connectivity index (χ4n) is 2.34. The number of nitrogens with one attached hydrogen (secondary N) is 3. The van der Waals surface area contributed by atoms with Crippen LogP contribution in [0, 0.1) is 11.8 Å². The Morgan fingerprint density at radius 1 is 0.821 bits per heavy atom. The molecule has 0 aromatic carbocycles. The molecule has 0 saturated heterocycles. The van der Waals surface area contributed by atoms with E-state index in [1.807, 2.05) is 0 Å². The highest BCUT2D eigenvalue weighted by molar-refractivity contribution is 5.93. The molecule has 3 atom stereocenters. The second kappa shape index (κ2) is 11.9. The van der Waals surface area contributed by atoms with E-state index in [0.717, 1.165) is 0 Å². The van der Waals surface area contributed by atoms with Gasteiger partial charge in [0.1, 0.15) is 18.1 Å². The van der Waals surface area contributed by atoms with Gasteiger partial charge in [0.25, 0.3) is 0 Å². The topological polar surface area (TPSA) is 188 Å². The molecule has 160 valence electrons. The van der Waals surface area contributed by atoms with Crippen LogP contribution in [0.4, 0.5) is 0 Å². The second-order valence-corrected chi connectivity index (χ2v) is 7.06. The summed E-state index contributed by atoms with van der Waals surface area (Å²) in [6.07, 6.45) is -0.570. The maximum absolute atomic E-state index is 12.5. The minimum absolute atomic E-state index is 0.191. The summed E-state index contributed by atoms with van der Waals surface area (Å²) in [6, 6.07) is -3.40. The lowest BCUT2D eigenvalue weighted by Crippen LogP contribution is -2.58. The predicted octanol–water partition coefficient (Wildman–Crippen LogP) is -1.34. The SMILES string of the molecule is CC(C)C(NC(=O)C(NC(=O)C(CCC(=O)O)NC(=O)CN)C(C)C)C(=O)O. The Balaban J connectivity index is 5.30. The first kappa shape index (κ1) is 25.3. The van der Waals surface area contributed by atoms with Gasteiger partial charge in [-0.3, -0.25) is 19.2 Å². The van der Waals surface area contributed by atoms with Gasteiger partial charge in [-0.2, -0.15) is 0 Å². The number of nitrogens with two attached hydrogens (primary N) is 1. The van der Waals surface area contributed by atoms with E-state index in [-0.39, 0.29) is 25.3 Å². The molecule has 28 heavy (non-hydrogen) atoms. The minimum atomic E-state index is -1.20. The molecule has 0 spiro atoms. The molecular formula is C17H30N4O7. The Morgan fingerprint density at radius 2 is 1.32 bits per heavy atom. The van der Waals surface area contributed by atoms with Gasteiger partial charge in [-0.1, -0.05) is 27.7 Å². The number of hydrogen-bond donors (Lipinski definition) is 6. The number of carbonyl (C=O) groups excluding carboxylic acids is 3. The molecule has 0 heterocycles. The molecule has 7 N–H and O–H groups in total. The van der Waals surface area contributed by atoms with Gasteiger partial charge in [0.2, 0.25) is 17.7 Å². The molecule has 0 aromatic rings. The van der Waals surface area contributed by atoms with E-state index in [0.29, 0.717) is 0 Å². The Labute approximate surface area is 163 Å². The molecule has 11 heteroatoms. The number of amides is 3. The van der Waals surface area contributed by atoms with Crippen molar-refractivity contribution in [1.29, 1.82) is 0 Å². The van der Waals surface area contributed by atoms with Crippen molar-refractivity contribution in [1.82, 2.24) is 16.0 Å². The van der Waals surface area contributed by atoms with Crippen LogP contribution in [0.3, 0.4) is 0 Å². The van der Waals surface area contributed by atoms with Crippen LogP contribution in [0.25, 0.3) is 0 Å². The van der Waals surface area contributed by atoms with Gasteiger partial charge in [0, 0.05) is 6.42 Å². The van der Waals surface area contributed by atoms with E-state index in [1.165, 1.54) is 0 Å². The summed E-state index contributed by atoms with van der Waals surface area (Å²) in [5, 5.41) is 25.2. The molecule has 3 amide bonds. The summed E-state index contributed by atoms with van der Waals surface area (Å²) in [5.41, 5.74) is 5.21. The smallest absolute Gasteiger partial charge is 0.326 e. The van der Waals surface area contributed by atoms with E-state index in [2.05, 4.69) is 16.0 Å². The van der Waals surface area contributed by atoms with Crippen molar-refractivity contribution in [2.75, 3.05) is 6.54 Å². The second-order valence-electron chi connectivity index (χ2n) is 7.06. The summed E-state index contributed by atoms with van der Waals surface area (Å²) in [6.45, 7) is 6.18. The van der Waals surface area contributed by atoms with Crippen molar-refractivity contribution in [3.05, 3.63) is 0 Å². The van der Waals surface area contributed by atoms with Crippen LogP contribution in [-0.2, 0) is 24.0 Å². The highest BCUT2D eigenvalue weighted by atomic mass is 16.4. The molecule has 3 unspecified atom stereocenters. The molecule has 0 rings (SSSR count). The van der Waals surface area contributed by atoms with E-state index in [1.54, 1.807) is 27.7 Å². The van der Waals surface area contributed by atoms with E-state index in [9.17, 15) is 29.1 Å². The summed E-state index contributed by atoms with van der Waals surface area (Å²) in [7, 11) is 0. The van der Waals surface area contributed by atoms with Gasteiger partial charge >= 0.3 is 11.9 Å². The largest absolute Gasteiger partial charge is 0.481 e. The average Bonchev–Trinajstić information content (AvgIpc) is 2.59. The number of rotatable bonds is 12. The summed E-state index contributed by atoms with van der Waals surface area (Å²) < 4.78 is 0. The lowest BCUT2D eigenvalue weighted by Gasteiger charge is -2.27. The summed E-state index contributed by atoms with van der Waals surface area (Å²) >= 11 is 0. The summed E-state index contributed by atoms with van der Waals surface area (Å²) in [4.78, 5) is 58.6. The maximum Gasteiger partial charge on any atom is 0.326 e. The maximum atomic E-state index is 12.5. The van der Waals surface area contributed by atoms with Crippen LogP contribution in [-0.4, -0.2) is 64.5 Å². The van der Waals surface area contributed by atoms with Gasteiger partial charge in [-0.15, -0.1) is 0 Å². The molecule has 0 aliphatic heterocycles. The number of aliphatic carboxylic acids is 2. The third-order valence-corrected chi connectivity index (χ3v) is 3.96. The minimum Gasteiger partial charge on any atom is -0.481 e. The Morgan fingerprint density at radius 3 is 1.71 bits per heavy atom. The quantitative estimate of drug-likeness (QED) is 0.231. The molecule has 0 fully saturated rings. The number of hydrogen-bond acceptors (Lipinski definition) is 6. The van der Waals surface area contributed by atoms with E-state index >= 15 is 0 Å². The molecule has 0 aliphatic carbocycles. The fraction of sp³-hybridized carbons (Fsp3) is 0.706. The number of carbonyl (C=O) groups is 5. The molecular weight excluding hydrogens is 372 g/mol. The van der Waals surface area contributed by atoms with Crippen molar-refractivity contribution in [3.8, 4) is 0 Å². The normalized spacial score (nSPS) is 14.1. The zero-order valence-electron chi connectivity index (χ0n) is 16.5. The van der Waals surface area contributed by atoms with Crippen molar-refractivity contribution in [3.63, 3.8) is 0 Å². The highest BCUT2D eigenvalue weighted by Crippen LogP contribution is 2.08. The standard InChI is InChI=1S/C17H30N4O7/c1-8(2)13(16(26)21-14(9(3)4)17(27)28)20-15(25)10(5-6-12(23)24)19-11(22)7-18/h8-10,13-14H,5-7,18H2,1-4H3,(H,19,22)(H,20,25)(H,21,26)(H,23,24)(H,27,28). The average molecular weight is 402 g/mol.